The van der Waals surface area contributed by atoms with Crippen molar-refractivity contribution in [3.05, 3.63) is 12.4 Å². The van der Waals surface area contributed by atoms with Crippen LogP contribution in [-0.4, -0.2) is 39.3 Å². The van der Waals surface area contributed by atoms with Gasteiger partial charge in [0, 0.05) is 35.9 Å². The topological polar surface area (TPSA) is 66.9 Å². The van der Waals surface area contributed by atoms with Gasteiger partial charge in [0.2, 0.25) is 0 Å². The Hall–Kier alpha value is -1.17. The van der Waals surface area contributed by atoms with Crippen molar-refractivity contribution >= 4 is 22.4 Å². The molecule has 0 fully saturated rings. The Morgan fingerprint density at radius 3 is 2.80 bits per heavy atom. The van der Waals surface area contributed by atoms with Crippen molar-refractivity contribution in [3.63, 3.8) is 0 Å². The van der Waals surface area contributed by atoms with Crippen LogP contribution in [0.3, 0.4) is 0 Å². The fourth-order valence-corrected chi connectivity index (χ4v) is 1.63. The predicted octanol–water partition coefficient (Wildman–Crippen LogP) is 0.699. The van der Waals surface area contributed by atoms with E-state index < -0.39 is 10.8 Å². The van der Waals surface area contributed by atoms with Crippen molar-refractivity contribution in [2.75, 3.05) is 35.7 Å². The summed E-state index contributed by atoms with van der Waals surface area (Å²) in [6.45, 7) is 2.57. The van der Waals surface area contributed by atoms with E-state index in [0.29, 0.717) is 23.9 Å². The van der Waals surface area contributed by atoms with E-state index in [1.165, 1.54) is 0 Å². The smallest absolute Gasteiger partial charge is 0.146 e. The Bertz CT molecular complexity index is 332. The molecule has 15 heavy (non-hydrogen) atoms. The molecule has 0 aliphatic rings. The second-order valence-electron chi connectivity index (χ2n) is 2.90. The van der Waals surface area contributed by atoms with Crippen LogP contribution in [0.2, 0.25) is 0 Å². The molecule has 0 amide bonds. The van der Waals surface area contributed by atoms with Crippen molar-refractivity contribution in [2.45, 2.75) is 6.92 Å². The summed E-state index contributed by atoms with van der Waals surface area (Å²) in [5.74, 6) is 2.76. The molecule has 0 aromatic carbocycles. The molecule has 0 radical (unpaired) electrons. The second kappa shape index (κ2) is 6.34. The molecule has 0 spiro atoms. The van der Waals surface area contributed by atoms with Gasteiger partial charge in [0.25, 0.3) is 0 Å². The maximum Gasteiger partial charge on any atom is 0.146 e. The molecule has 2 N–H and O–H groups in total. The summed E-state index contributed by atoms with van der Waals surface area (Å²) in [6, 6.07) is 0. The van der Waals surface area contributed by atoms with Gasteiger partial charge in [-0.2, -0.15) is 0 Å². The van der Waals surface area contributed by atoms with Gasteiger partial charge in [-0.05, 0) is 0 Å². The first-order chi connectivity index (χ1) is 7.26. The lowest BCUT2D eigenvalue weighted by atomic mass is 10.6. The van der Waals surface area contributed by atoms with E-state index in [2.05, 4.69) is 20.6 Å². The third-order valence-corrected chi connectivity index (χ3v) is 3.15. The van der Waals surface area contributed by atoms with Crippen LogP contribution < -0.4 is 10.6 Å². The van der Waals surface area contributed by atoms with E-state index in [9.17, 15) is 4.21 Å². The quantitative estimate of drug-likeness (QED) is 0.750. The molecule has 5 nitrogen and oxygen atoms in total. The number of nitrogens with one attached hydrogen (secondary N) is 2. The summed E-state index contributed by atoms with van der Waals surface area (Å²) in [7, 11) is 1.06. The van der Waals surface area contributed by atoms with Gasteiger partial charge in [-0.25, -0.2) is 4.98 Å². The number of aromatic nitrogens is 2. The molecule has 0 aliphatic heterocycles. The highest BCUT2D eigenvalue weighted by Gasteiger charge is 1.98. The molecule has 0 bridgehead atoms. The van der Waals surface area contributed by atoms with E-state index in [1.807, 2.05) is 6.92 Å². The van der Waals surface area contributed by atoms with Crippen LogP contribution in [0.4, 0.5) is 11.6 Å². The summed E-state index contributed by atoms with van der Waals surface area (Å²) in [5.41, 5.74) is 0. The van der Waals surface area contributed by atoms with Gasteiger partial charge >= 0.3 is 0 Å². The molecule has 1 aromatic rings. The third-order valence-electron chi connectivity index (χ3n) is 1.85. The molecule has 6 heteroatoms. The lowest BCUT2D eigenvalue weighted by Crippen LogP contribution is -2.13. The number of anilines is 2. The van der Waals surface area contributed by atoms with Gasteiger partial charge in [-0.3, -0.25) is 9.19 Å². The minimum atomic E-state index is -0.734. The van der Waals surface area contributed by atoms with Crippen molar-refractivity contribution in [1.29, 1.82) is 0 Å². The zero-order chi connectivity index (χ0) is 11.1. The lowest BCUT2D eigenvalue weighted by molar-refractivity contribution is 0.684. The number of nitrogens with zero attached hydrogens (tertiary/aromatic N) is 2. The highest BCUT2D eigenvalue weighted by atomic mass is 32.2. The lowest BCUT2D eigenvalue weighted by Gasteiger charge is -2.05. The van der Waals surface area contributed by atoms with Crippen LogP contribution >= 0.6 is 0 Å². The number of rotatable bonds is 6. The Morgan fingerprint density at radius 1 is 1.40 bits per heavy atom. The first-order valence-electron chi connectivity index (χ1n) is 4.85. The molecule has 1 unspecified atom stereocenters. The monoisotopic (exact) mass is 228 g/mol. The van der Waals surface area contributed by atoms with Crippen molar-refractivity contribution in [1.82, 2.24) is 9.97 Å². The molecule has 1 rings (SSSR count). The zero-order valence-electron chi connectivity index (χ0n) is 8.99. The Balaban J connectivity index is 2.40. The Labute approximate surface area is 92.2 Å². The predicted molar refractivity (Wildman–Crippen MR) is 63.6 cm³/mol. The summed E-state index contributed by atoms with van der Waals surface area (Å²) in [5, 5.41) is 5.98. The van der Waals surface area contributed by atoms with Crippen LogP contribution in [-0.2, 0) is 10.8 Å². The maximum absolute atomic E-state index is 11.1. The largest absolute Gasteiger partial charge is 0.372 e. The second-order valence-corrected chi connectivity index (χ2v) is 4.76. The van der Waals surface area contributed by atoms with Gasteiger partial charge in [0.15, 0.2) is 0 Å². The van der Waals surface area contributed by atoms with Gasteiger partial charge in [-0.15, -0.1) is 0 Å². The van der Waals surface area contributed by atoms with Crippen molar-refractivity contribution in [3.8, 4) is 0 Å². The van der Waals surface area contributed by atoms with E-state index in [1.54, 1.807) is 19.4 Å². The molecule has 0 saturated carbocycles. The van der Waals surface area contributed by atoms with Crippen LogP contribution in [0.5, 0.6) is 0 Å². The Morgan fingerprint density at radius 2 is 2.13 bits per heavy atom. The normalized spacial score (nSPS) is 12.1. The summed E-state index contributed by atoms with van der Waals surface area (Å²) in [4.78, 5) is 8.24. The third kappa shape index (κ3) is 4.24. The molecule has 1 atom stereocenters. The maximum atomic E-state index is 11.1. The van der Waals surface area contributed by atoms with Crippen LogP contribution in [0.25, 0.3) is 0 Å². The first-order valence-corrected chi connectivity index (χ1v) is 6.33. The molecule has 0 saturated heterocycles. The van der Waals surface area contributed by atoms with E-state index >= 15 is 0 Å². The highest BCUT2D eigenvalue weighted by molar-refractivity contribution is 7.84. The molecule has 1 aromatic heterocycles. The van der Waals surface area contributed by atoms with Crippen LogP contribution in [0.1, 0.15) is 6.92 Å². The minimum Gasteiger partial charge on any atom is -0.372 e. The minimum absolute atomic E-state index is 0.641. The van der Waals surface area contributed by atoms with Gasteiger partial charge in [0.05, 0.1) is 12.4 Å². The van der Waals surface area contributed by atoms with Gasteiger partial charge in [-0.1, -0.05) is 6.92 Å². The van der Waals surface area contributed by atoms with E-state index in [-0.39, 0.29) is 0 Å². The van der Waals surface area contributed by atoms with Gasteiger partial charge < -0.3 is 10.6 Å². The SMILES string of the molecule is CCS(=O)CCNc1cncc(NC)n1. The van der Waals surface area contributed by atoms with E-state index in [4.69, 9.17) is 0 Å². The first kappa shape index (κ1) is 11.9. The average molecular weight is 228 g/mol. The van der Waals surface area contributed by atoms with Crippen LogP contribution in [0, 0.1) is 0 Å². The highest BCUT2D eigenvalue weighted by Crippen LogP contribution is 2.04. The standard InChI is InChI=1S/C9H16N4OS/c1-3-15(14)5-4-12-9-7-11-6-8(10-2)13-9/h6-7H,3-5H2,1-2H3,(H2,10,12,13). The van der Waals surface area contributed by atoms with Crippen molar-refractivity contribution < 1.29 is 4.21 Å². The molecular formula is C9H16N4OS. The van der Waals surface area contributed by atoms with Crippen molar-refractivity contribution in [2.24, 2.45) is 0 Å². The average Bonchev–Trinajstić information content (AvgIpc) is 2.29. The zero-order valence-corrected chi connectivity index (χ0v) is 9.80. The molecule has 0 aliphatic carbocycles. The van der Waals surface area contributed by atoms with E-state index in [0.717, 1.165) is 5.82 Å². The molecular weight excluding hydrogens is 212 g/mol. The molecule has 1 heterocycles. The summed E-state index contributed by atoms with van der Waals surface area (Å²) >= 11 is 0. The summed E-state index contributed by atoms with van der Waals surface area (Å²) < 4.78 is 11.1. The fraction of sp³-hybridized carbons (Fsp3) is 0.556. The summed E-state index contributed by atoms with van der Waals surface area (Å²) in [6.07, 6.45) is 3.30. The number of hydrogen-bond donors (Lipinski definition) is 2. The molecule has 84 valence electrons. The number of hydrogen-bond acceptors (Lipinski definition) is 5. The Kier molecular flexibility index (Phi) is 5.03. The van der Waals surface area contributed by atoms with Crippen LogP contribution in [0.15, 0.2) is 12.4 Å². The fourth-order valence-electron chi connectivity index (χ4n) is 1.01. The van der Waals surface area contributed by atoms with Gasteiger partial charge in [0.1, 0.15) is 11.6 Å².